The molecule has 2 aromatic carbocycles. The van der Waals surface area contributed by atoms with Gasteiger partial charge in [0.25, 0.3) is 0 Å². The molecule has 0 aromatic heterocycles. The maximum Gasteiger partial charge on any atom is 0.226 e. The first-order valence-corrected chi connectivity index (χ1v) is 7.42. The maximum atomic E-state index is 11.8. The van der Waals surface area contributed by atoms with E-state index >= 15 is 0 Å². The molecule has 2 rings (SSSR count). The van der Waals surface area contributed by atoms with Crippen LogP contribution in [0.3, 0.4) is 0 Å². The van der Waals surface area contributed by atoms with Gasteiger partial charge in [-0.15, -0.1) is 0 Å². The van der Waals surface area contributed by atoms with Crippen LogP contribution in [0.5, 0.6) is 0 Å². The molecule has 2 aromatic rings. The molecule has 21 heavy (non-hydrogen) atoms. The number of rotatable bonds is 5. The zero-order chi connectivity index (χ0) is 15.2. The lowest BCUT2D eigenvalue weighted by Gasteiger charge is -2.08. The molecule has 6 heteroatoms. The molecule has 0 spiro atoms. The standard InChI is InChI=1S/C15H13Cl3N2O/c16-10-2-1-3-11(8-10)19-7-6-15(21)20-12-4-5-13(17)14(18)9-12/h1-5,8-9,19H,6-7H2,(H,20,21). The molecule has 0 unspecified atom stereocenters. The second-order valence-electron chi connectivity index (χ2n) is 4.36. The van der Waals surface area contributed by atoms with E-state index in [2.05, 4.69) is 10.6 Å². The van der Waals surface area contributed by atoms with E-state index in [-0.39, 0.29) is 5.91 Å². The van der Waals surface area contributed by atoms with Crippen LogP contribution in [0.25, 0.3) is 0 Å². The van der Waals surface area contributed by atoms with Crippen LogP contribution >= 0.6 is 34.8 Å². The average molecular weight is 344 g/mol. The van der Waals surface area contributed by atoms with E-state index in [1.54, 1.807) is 30.3 Å². The van der Waals surface area contributed by atoms with Crippen molar-refractivity contribution in [1.82, 2.24) is 0 Å². The Labute approximate surface area is 138 Å². The lowest BCUT2D eigenvalue weighted by Crippen LogP contribution is -2.16. The van der Waals surface area contributed by atoms with E-state index in [0.29, 0.717) is 33.7 Å². The van der Waals surface area contributed by atoms with Crippen molar-refractivity contribution >= 4 is 52.1 Å². The molecule has 0 saturated heterocycles. The molecule has 0 fully saturated rings. The molecule has 0 aliphatic rings. The second kappa shape index (κ2) is 7.55. The van der Waals surface area contributed by atoms with E-state index in [9.17, 15) is 4.79 Å². The molecular weight excluding hydrogens is 331 g/mol. The van der Waals surface area contributed by atoms with Gasteiger partial charge < -0.3 is 10.6 Å². The van der Waals surface area contributed by atoms with Crippen LogP contribution in [0.15, 0.2) is 42.5 Å². The Kier molecular flexibility index (Phi) is 5.74. The Balaban J connectivity index is 1.81. The van der Waals surface area contributed by atoms with E-state index in [1.807, 2.05) is 12.1 Å². The molecule has 0 saturated carbocycles. The Bertz CT molecular complexity index is 647. The number of hydrogen-bond acceptors (Lipinski definition) is 2. The topological polar surface area (TPSA) is 41.1 Å². The minimum absolute atomic E-state index is 0.108. The van der Waals surface area contributed by atoms with Crippen LogP contribution in [0.1, 0.15) is 6.42 Å². The summed E-state index contributed by atoms with van der Waals surface area (Å²) in [5.41, 5.74) is 1.50. The van der Waals surface area contributed by atoms with E-state index in [1.165, 1.54) is 0 Å². The fourth-order valence-electron chi connectivity index (χ4n) is 1.72. The third-order valence-electron chi connectivity index (χ3n) is 2.71. The van der Waals surface area contributed by atoms with Crippen molar-refractivity contribution in [3.63, 3.8) is 0 Å². The summed E-state index contributed by atoms with van der Waals surface area (Å²) in [5, 5.41) is 7.41. The first-order chi connectivity index (χ1) is 10.0. The lowest BCUT2D eigenvalue weighted by atomic mass is 10.3. The lowest BCUT2D eigenvalue weighted by molar-refractivity contribution is -0.115. The zero-order valence-corrected chi connectivity index (χ0v) is 13.3. The number of carbonyl (C=O) groups is 1. The average Bonchev–Trinajstić information content (AvgIpc) is 2.43. The van der Waals surface area contributed by atoms with Crippen LogP contribution in [0.2, 0.25) is 15.1 Å². The smallest absolute Gasteiger partial charge is 0.226 e. The predicted molar refractivity (Wildman–Crippen MR) is 89.7 cm³/mol. The fraction of sp³-hybridized carbons (Fsp3) is 0.133. The summed E-state index contributed by atoms with van der Waals surface area (Å²) in [7, 11) is 0. The maximum absolute atomic E-state index is 11.8. The molecule has 2 N–H and O–H groups in total. The summed E-state index contributed by atoms with van der Waals surface area (Å²) >= 11 is 17.6. The van der Waals surface area contributed by atoms with Gasteiger partial charge in [-0.25, -0.2) is 0 Å². The highest BCUT2D eigenvalue weighted by Gasteiger charge is 2.04. The van der Waals surface area contributed by atoms with Gasteiger partial charge in [-0.1, -0.05) is 40.9 Å². The first-order valence-electron chi connectivity index (χ1n) is 6.29. The third-order valence-corrected chi connectivity index (χ3v) is 3.68. The minimum atomic E-state index is -0.108. The summed E-state index contributed by atoms with van der Waals surface area (Å²) in [6, 6.07) is 12.3. The Morgan fingerprint density at radius 2 is 1.76 bits per heavy atom. The molecule has 0 heterocycles. The van der Waals surface area contributed by atoms with Crippen LogP contribution in [-0.4, -0.2) is 12.5 Å². The number of carbonyl (C=O) groups excluding carboxylic acids is 1. The number of hydrogen-bond donors (Lipinski definition) is 2. The zero-order valence-electron chi connectivity index (χ0n) is 11.0. The van der Waals surface area contributed by atoms with E-state index < -0.39 is 0 Å². The number of amides is 1. The largest absolute Gasteiger partial charge is 0.384 e. The van der Waals surface area contributed by atoms with Gasteiger partial charge >= 0.3 is 0 Å². The molecule has 0 atom stereocenters. The van der Waals surface area contributed by atoms with Crippen LogP contribution in [0, 0.1) is 0 Å². The predicted octanol–water partition coefficient (Wildman–Crippen LogP) is 5.09. The van der Waals surface area contributed by atoms with Gasteiger partial charge in [0.05, 0.1) is 10.0 Å². The van der Waals surface area contributed by atoms with Crippen LogP contribution in [-0.2, 0) is 4.79 Å². The molecule has 110 valence electrons. The SMILES string of the molecule is O=C(CCNc1cccc(Cl)c1)Nc1ccc(Cl)c(Cl)c1. The first kappa shape index (κ1) is 16.0. The Hall–Kier alpha value is -1.42. The summed E-state index contributed by atoms with van der Waals surface area (Å²) in [6.45, 7) is 0.507. The highest BCUT2D eigenvalue weighted by atomic mass is 35.5. The number of nitrogens with one attached hydrogen (secondary N) is 2. The summed E-state index contributed by atoms with van der Waals surface area (Å²) in [4.78, 5) is 11.8. The molecule has 3 nitrogen and oxygen atoms in total. The third kappa shape index (κ3) is 5.12. The summed E-state index contributed by atoms with van der Waals surface area (Å²) in [5.74, 6) is -0.108. The highest BCUT2D eigenvalue weighted by Crippen LogP contribution is 2.25. The van der Waals surface area contributed by atoms with E-state index in [0.717, 1.165) is 5.69 Å². The van der Waals surface area contributed by atoms with Crippen molar-refractivity contribution in [3.8, 4) is 0 Å². The number of benzene rings is 2. The summed E-state index contributed by atoms with van der Waals surface area (Å²) in [6.07, 6.45) is 0.326. The van der Waals surface area contributed by atoms with Crippen molar-refractivity contribution in [2.24, 2.45) is 0 Å². The molecular formula is C15H13Cl3N2O. The molecule has 0 aliphatic carbocycles. The minimum Gasteiger partial charge on any atom is -0.384 e. The van der Waals surface area contributed by atoms with Gasteiger partial charge in [0, 0.05) is 29.4 Å². The van der Waals surface area contributed by atoms with Gasteiger partial charge in [-0.3, -0.25) is 4.79 Å². The molecule has 1 amide bonds. The van der Waals surface area contributed by atoms with Crippen LogP contribution in [0.4, 0.5) is 11.4 Å². The van der Waals surface area contributed by atoms with Gasteiger partial charge in [0.1, 0.15) is 0 Å². The monoisotopic (exact) mass is 342 g/mol. The number of anilines is 2. The van der Waals surface area contributed by atoms with Gasteiger partial charge in [-0.2, -0.15) is 0 Å². The quantitative estimate of drug-likeness (QED) is 0.794. The van der Waals surface area contributed by atoms with Crippen molar-refractivity contribution in [2.75, 3.05) is 17.2 Å². The van der Waals surface area contributed by atoms with E-state index in [4.69, 9.17) is 34.8 Å². The van der Waals surface area contributed by atoms with Crippen molar-refractivity contribution in [3.05, 3.63) is 57.5 Å². The molecule has 0 aliphatic heterocycles. The second-order valence-corrected chi connectivity index (χ2v) is 5.62. The Morgan fingerprint density at radius 3 is 2.48 bits per heavy atom. The van der Waals surface area contributed by atoms with Gasteiger partial charge in [0.2, 0.25) is 5.91 Å². The van der Waals surface area contributed by atoms with Crippen molar-refractivity contribution < 1.29 is 4.79 Å². The Morgan fingerprint density at radius 1 is 0.952 bits per heavy atom. The molecule has 0 bridgehead atoms. The summed E-state index contributed by atoms with van der Waals surface area (Å²) < 4.78 is 0. The highest BCUT2D eigenvalue weighted by molar-refractivity contribution is 6.42. The van der Waals surface area contributed by atoms with Crippen molar-refractivity contribution in [1.29, 1.82) is 0 Å². The molecule has 0 radical (unpaired) electrons. The van der Waals surface area contributed by atoms with Gasteiger partial charge in [-0.05, 0) is 36.4 Å². The number of halogens is 3. The normalized spacial score (nSPS) is 10.2. The van der Waals surface area contributed by atoms with Gasteiger partial charge in [0.15, 0.2) is 0 Å². The fourth-order valence-corrected chi connectivity index (χ4v) is 2.20. The van der Waals surface area contributed by atoms with Crippen LogP contribution < -0.4 is 10.6 Å². The van der Waals surface area contributed by atoms with Crippen molar-refractivity contribution in [2.45, 2.75) is 6.42 Å².